The highest BCUT2D eigenvalue weighted by Crippen LogP contribution is 2.33. The molecule has 0 aliphatic carbocycles. The number of rotatable bonds is 3. The van der Waals surface area contributed by atoms with Crippen molar-refractivity contribution >= 4 is 28.2 Å². The number of hydrogen-bond donors (Lipinski definition) is 2. The third-order valence-electron chi connectivity index (χ3n) is 2.46. The van der Waals surface area contributed by atoms with Crippen LogP contribution in [0.4, 0.5) is 0 Å². The molecule has 0 aliphatic rings. The van der Waals surface area contributed by atoms with Crippen molar-refractivity contribution in [3.05, 3.63) is 29.8 Å². The fourth-order valence-corrected chi connectivity index (χ4v) is 2.62. The summed E-state index contributed by atoms with van der Waals surface area (Å²) in [6.07, 6.45) is 0. The lowest BCUT2D eigenvalue weighted by molar-refractivity contribution is 0.846. The highest BCUT2D eigenvalue weighted by molar-refractivity contribution is 8.12. The normalized spacial score (nSPS) is 10.2. The second-order valence-electron chi connectivity index (χ2n) is 3.80. The van der Waals surface area contributed by atoms with Crippen molar-refractivity contribution in [1.82, 2.24) is 4.98 Å². The summed E-state index contributed by atoms with van der Waals surface area (Å²) in [4.78, 5) is 3.36. The fourth-order valence-electron chi connectivity index (χ4n) is 1.86. The Bertz CT molecular complexity index is 486. The number of thioether (sulfide) groups is 1. The Morgan fingerprint density at radius 2 is 1.88 bits per heavy atom. The molecule has 92 valence electrons. The summed E-state index contributed by atoms with van der Waals surface area (Å²) < 4.78 is 0. The summed E-state index contributed by atoms with van der Waals surface area (Å²) >= 11 is 1.44. The first-order chi connectivity index (χ1) is 8.24. The zero-order chi connectivity index (χ0) is 12.8. The van der Waals surface area contributed by atoms with Gasteiger partial charge >= 0.3 is 0 Å². The van der Waals surface area contributed by atoms with Crippen molar-refractivity contribution in [3.8, 4) is 0 Å². The molecule has 1 heterocycles. The molecular weight excluding hydrogens is 228 g/mol. The van der Waals surface area contributed by atoms with Crippen LogP contribution in [0.1, 0.15) is 39.2 Å². The van der Waals surface area contributed by atoms with Crippen LogP contribution in [0, 0.1) is 5.41 Å². The molecule has 2 nitrogen and oxygen atoms in total. The van der Waals surface area contributed by atoms with Crippen LogP contribution in [0.3, 0.4) is 0 Å². The lowest BCUT2D eigenvalue weighted by Crippen LogP contribution is -1.87. The minimum absolute atomic E-state index is 0.476. The van der Waals surface area contributed by atoms with Gasteiger partial charge in [0.25, 0.3) is 0 Å². The van der Waals surface area contributed by atoms with Crippen LogP contribution in [0.15, 0.2) is 29.3 Å². The van der Waals surface area contributed by atoms with Crippen molar-refractivity contribution in [2.24, 2.45) is 0 Å². The smallest absolute Gasteiger partial charge is 0.0824 e. The van der Waals surface area contributed by atoms with Gasteiger partial charge in [-0.15, -0.1) is 0 Å². The Morgan fingerprint density at radius 3 is 2.47 bits per heavy atom. The van der Waals surface area contributed by atoms with E-state index < -0.39 is 0 Å². The molecule has 0 spiro atoms. The van der Waals surface area contributed by atoms with Gasteiger partial charge in [0.2, 0.25) is 0 Å². The van der Waals surface area contributed by atoms with Crippen molar-refractivity contribution in [2.45, 2.75) is 38.6 Å². The van der Waals surface area contributed by atoms with Gasteiger partial charge in [-0.05, 0) is 17.5 Å². The topological polar surface area (TPSA) is 39.6 Å². The van der Waals surface area contributed by atoms with Gasteiger partial charge in [-0.2, -0.15) is 0 Å². The van der Waals surface area contributed by atoms with Gasteiger partial charge in [0, 0.05) is 10.9 Å². The highest BCUT2D eigenvalue weighted by atomic mass is 32.2. The van der Waals surface area contributed by atoms with Crippen molar-refractivity contribution in [1.29, 1.82) is 5.41 Å². The Labute approximate surface area is 107 Å². The largest absolute Gasteiger partial charge is 0.349 e. The first-order valence-corrected chi connectivity index (χ1v) is 6.88. The van der Waals surface area contributed by atoms with Gasteiger partial charge in [-0.3, -0.25) is 0 Å². The molecule has 2 rings (SSSR count). The van der Waals surface area contributed by atoms with Gasteiger partial charge in [0.15, 0.2) is 0 Å². The Morgan fingerprint density at radius 1 is 1.24 bits per heavy atom. The fraction of sp³-hybridized carbons (Fsp3) is 0.357. The lowest BCUT2D eigenvalue weighted by atomic mass is 10.0. The number of benzene rings is 1. The van der Waals surface area contributed by atoms with E-state index in [9.17, 15) is 0 Å². The van der Waals surface area contributed by atoms with Gasteiger partial charge in [-0.25, -0.2) is 0 Å². The molecule has 2 N–H and O–H groups in total. The van der Waals surface area contributed by atoms with Crippen molar-refractivity contribution in [3.63, 3.8) is 0 Å². The number of aromatic amines is 1. The zero-order valence-corrected chi connectivity index (χ0v) is 11.7. The predicted molar refractivity (Wildman–Crippen MR) is 78.4 cm³/mol. The molecule has 0 atom stereocenters. The Hall–Kier alpha value is -1.22. The maximum atomic E-state index is 7.17. The van der Waals surface area contributed by atoms with Gasteiger partial charge in [-0.1, -0.05) is 57.7 Å². The molecule has 17 heavy (non-hydrogen) atoms. The minimum Gasteiger partial charge on any atom is -0.349 e. The molecule has 2 aromatic rings. The SMILES string of the molecule is CC.CC(C)c1c(SC=N)[nH]c2ccccc12. The molecular formula is C14H20N2S. The average molecular weight is 248 g/mol. The second-order valence-corrected chi connectivity index (χ2v) is 4.68. The van der Waals surface area contributed by atoms with Crippen LogP contribution in [-0.4, -0.2) is 10.5 Å². The van der Waals surface area contributed by atoms with Crippen LogP contribution in [0.2, 0.25) is 0 Å². The van der Waals surface area contributed by atoms with Gasteiger partial charge in [0.1, 0.15) is 0 Å². The van der Waals surface area contributed by atoms with Crippen LogP contribution in [-0.2, 0) is 0 Å². The van der Waals surface area contributed by atoms with Crippen LogP contribution >= 0.6 is 11.8 Å². The summed E-state index contributed by atoms with van der Waals surface area (Å²) in [5.41, 5.74) is 3.85. The van der Waals surface area contributed by atoms with E-state index in [4.69, 9.17) is 5.41 Å². The number of para-hydroxylation sites is 1. The maximum absolute atomic E-state index is 7.17. The first kappa shape index (κ1) is 13.8. The average Bonchev–Trinajstić information content (AvgIpc) is 2.70. The molecule has 0 unspecified atom stereocenters. The quantitative estimate of drug-likeness (QED) is 0.447. The van der Waals surface area contributed by atoms with E-state index in [1.807, 2.05) is 19.9 Å². The zero-order valence-electron chi connectivity index (χ0n) is 10.9. The highest BCUT2D eigenvalue weighted by Gasteiger charge is 2.13. The molecule has 0 bridgehead atoms. The van der Waals surface area contributed by atoms with Crippen LogP contribution < -0.4 is 0 Å². The van der Waals surface area contributed by atoms with E-state index in [1.54, 1.807) is 0 Å². The van der Waals surface area contributed by atoms with Crippen molar-refractivity contribution in [2.75, 3.05) is 0 Å². The summed E-state index contributed by atoms with van der Waals surface area (Å²) in [6, 6.07) is 8.30. The molecule has 0 fully saturated rings. The number of hydrogen-bond acceptors (Lipinski definition) is 2. The lowest BCUT2D eigenvalue weighted by Gasteiger charge is -2.05. The van der Waals surface area contributed by atoms with Gasteiger partial charge in [0.05, 0.1) is 10.6 Å². The molecule has 0 aliphatic heterocycles. The van der Waals surface area contributed by atoms with Crippen molar-refractivity contribution < 1.29 is 0 Å². The Kier molecular flexibility index (Phi) is 5.29. The first-order valence-electron chi connectivity index (χ1n) is 6.00. The van der Waals surface area contributed by atoms with Gasteiger partial charge < -0.3 is 10.4 Å². The van der Waals surface area contributed by atoms with E-state index in [2.05, 4.69) is 37.0 Å². The monoisotopic (exact) mass is 248 g/mol. The number of aromatic nitrogens is 1. The number of nitrogens with one attached hydrogen (secondary N) is 2. The summed E-state index contributed by atoms with van der Waals surface area (Å²) in [5.74, 6) is 0.476. The third kappa shape index (κ3) is 2.91. The molecule has 1 aromatic carbocycles. The molecule has 1 aromatic heterocycles. The maximum Gasteiger partial charge on any atom is 0.0824 e. The number of H-pyrrole nitrogens is 1. The molecule has 0 amide bonds. The van der Waals surface area contributed by atoms with E-state index in [-0.39, 0.29) is 0 Å². The van der Waals surface area contributed by atoms with E-state index in [1.165, 1.54) is 28.3 Å². The Balaban J connectivity index is 0.000000686. The van der Waals surface area contributed by atoms with E-state index >= 15 is 0 Å². The third-order valence-corrected chi connectivity index (χ3v) is 3.14. The minimum atomic E-state index is 0.476. The standard InChI is InChI=1S/C12H14N2S.C2H6/c1-8(2)11-9-5-3-4-6-10(9)14-12(11)15-7-13;1-2/h3-8,13-14H,1-2H3;1-2H3. The molecule has 0 saturated carbocycles. The van der Waals surface area contributed by atoms with Crippen LogP contribution in [0.25, 0.3) is 10.9 Å². The number of fused-ring (bicyclic) bond motifs is 1. The molecule has 0 saturated heterocycles. The summed E-state index contributed by atoms with van der Waals surface area (Å²) in [6.45, 7) is 8.37. The summed E-state index contributed by atoms with van der Waals surface area (Å²) in [7, 11) is 0. The second kappa shape index (κ2) is 6.50. The summed E-state index contributed by atoms with van der Waals surface area (Å²) in [5, 5.41) is 9.54. The van der Waals surface area contributed by atoms with Crippen LogP contribution in [0.5, 0.6) is 0 Å². The molecule has 3 heteroatoms. The predicted octanol–water partition coefficient (Wildman–Crippen LogP) is 5.02. The van der Waals surface area contributed by atoms with E-state index in [0.717, 1.165) is 10.5 Å². The van der Waals surface area contributed by atoms with E-state index in [0.29, 0.717) is 5.92 Å². The molecule has 0 radical (unpaired) electrons.